The number of fused-ring (bicyclic) bond motifs is 15. The predicted molar refractivity (Wildman–Crippen MR) is 238 cm³/mol. The molecule has 0 unspecified atom stereocenters. The smallest absolute Gasteiger partial charge is 0.0726 e. The summed E-state index contributed by atoms with van der Waals surface area (Å²) in [6.45, 7) is 4.74. The highest BCUT2D eigenvalue weighted by Gasteiger charge is 2.52. The van der Waals surface area contributed by atoms with Crippen LogP contribution in [0.25, 0.3) is 55.3 Å². The van der Waals surface area contributed by atoms with Crippen LogP contribution in [-0.2, 0) is 10.8 Å². The molecule has 0 heterocycles. The highest BCUT2D eigenvalue weighted by Crippen LogP contribution is 2.64. The summed E-state index contributed by atoms with van der Waals surface area (Å²) in [6, 6.07) is 75.0. The summed E-state index contributed by atoms with van der Waals surface area (Å²) in [7, 11) is 0. The van der Waals surface area contributed by atoms with Gasteiger partial charge in [-0.15, -0.1) is 0 Å². The first kappa shape index (κ1) is 32.3. The first-order valence-corrected chi connectivity index (χ1v) is 20.1. The Kier molecular flexibility index (Phi) is 6.67. The molecular formula is C56H39N. The number of benzene rings is 9. The largest absolute Gasteiger partial charge is 0.310 e. The van der Waals surface area contributed by atoms with Gasteiger partial charge in [-0.05, 0) is 125 Å². The topological polar surface area (TPSA) is 3.24 Å². The first-order chi connectivity index (χ1) is 28.0. The molecule has 1 spiro atoms. The molecular weight excluding hydrogens is 687 g/mol. The molecule has 3 aliphatic rings. The van der Waals surface area contributed by atoms with Crippen molar-refractivity contribution in [2.75, 3.05) is 4.90 Å². The van der Waals surface area contributed by atoms with Gasteiger partial charge >= 0.3 is 0 Å². The van der Waals surface area contributed by atoms with Crippen LogP contribution >= 0.6 is 0 Å². The number of hydrogen-bond donors (Lipinski definition) is 0. The van der Waals surface area contributed by atoms with Crippen molar-refractivity contribution in [2.45, 2.75) is 24.7 Å². The maximum absolute atomic E-state index is 2.51. The molecule has 57 heavy (non-hydrogen) atoms. The fourth-order valence-corrected chi connectivity index (χ4v) is 10.7. The minimum atomic E-state index is -0.456. The minimum absolute atomic E-state index is 0.117. The van der Waals surface area contributed by atoms with Crippen molar-refractivity contribution >= 4 is 27.8 Å². The van der Waals surface area contributed by atoms with Gasteiger partial charge in [0.15, 0.2) is 0 Å². The Morgan fingerprint density at radius 1 is 0.333 bits per heavy atom. The lowest BCUT2D eigenvalue weighted by Crippen LogP contribution is -2.26. The predicted octanol–water partition coefficient (Wildman–Crippen LogP) is 14.6. The summed E-state index contributed by atoms with van der Waals surface area (Å²) in [5.41, 5.74) is 21.4. The van der Waals surface area contributed by atoms with Crippen LogP contribution in [-0.4, -0.2) is 0 Å². The molecule has 268 valence electrons. The summed E-state index contributed by atoms with van der Waals surface area (Å²) < 4.78 is 0. The van der Waals surface area contributed by atoms with Gasteiger partial charge in [-0.1, -0.05) is 178 Å². The molecule has 0 bridgehead atoms. The SMILES string of the molecule is CC1(C)c2ccccc2-c2ccc(N(c3ccc(-c4ccccc4)cc3)c3ccc4c(c3)[C@@]3(c5ccccc5-4)c4ccccc4-c4c3ccc3ccccc43)cc21. The number of nitrogens with zero attached hydrogens (tertiary/aromatic N) is 1. The van der Waals surface area contributed by atoms with E-state index in [-0.39, 0.29) is 5.41 Å². The third kappa shape index (κ3) is 4.34. The highest BCUT2D eigenvalue weighted by molar-refractivity contribution is 6.06. The van der Waals surface area contributed by atoms with Crippen LogP contribution in [0.4, 0.5) is 17.1 Å². The van der Waals surface area contributed by atoms with Gasteiger partial charge in [0.05, 0.1) is 5.41 Å². The van der Waals surface area contributed by atoms with Gasteiger partial charge in [-0.3, -0.25) is 0 Å². The van der Waals surface area contributed by atoms with Crippen molar-refractivity contribution in [1.82, 2.24) is 0 Å². The summed E-state index contributed by atoms with van der Waals surface area (Å²) in [4.78, 5) is 2.48. The Labute approximate surface area is 334 Å². The quantitative estimate of drug-likeness (QED) is 0.175. The lowest BCUT2D eigenvalue weighted by molar-refractivity contribution is 0.660. The lowest BCUT2D eigenvalue weighted by Gasteiger charge is -2.32. The molecule has 0 fully saturated rings. The standard InChI is InChI=1S/C56H39N/c1-55(2)48-21-11-8-18-43(48)45-31-29-40(34-52(45)55)57(39-27-24-37(25-28-39)36-14-4-3-5-15-36)41-30-32-46-44-19-9-12-22-49(44)56(53(46)35-41)50-23-13-10-20-47(50)54-42-17-7-6-16-38(42)26-33-51(54)56/h3-35H,1-2H3/t56-/m0/s1. The number of rotatable bonds is 4. The molecule has 0 aromatic heterocycles. The average Bonchev–Trinajstić information content (AvgIpc) is 3.83. The third-order valence-electron chi connectivity index (χ3n) is 13.3. The molecule has 1 atom stereocenters. The van der Waals surface area contributed by atoms with E-state index in [0.29, 0.717) is 0 Å². The normalized spacial score (nSPS) is 16.1. The Morgan fingerprint density at radius 2 is 0.842 bits per heavy atom. The summed E-state index contributed by atoms with van der Waals surface area (Å²) in [5.74, 6) is 0. The summed E-state index contributed by atoms with van der Waals surface area (Å²) in [5, 5.41) is 2.58. The van der Waals surface area contributed by atoms with E-state index >= 15 is 0 Å². The van der Waals surface area contributed by atoms with Crippen molar-refractivity contribution in [3.63, 3.8) is 0 Å². The van der Waals surface area contributed by atoms with Crippen LogP contribution in [0.3, 0.4) is 0 Å². The van der Waals surface area contributed by atoms with Crippen molar-refractivity contribution in [1.29, 1.82) is 0 Å². The second kappa shape index (κ2) is 11.8. The van der Waals surface area contributed by atoms with Crippen molar-refractivity contribution in [2.24, 2.45) is 0 Å². The van der Waals surface area contributed by atoms with Crippen LogP contribution in [0.2, 0.25) is 0 Å². The van der Waals surface area contributed by atoms with E-state index in [1.807, 2.05) is 0 Å². The number of anilines is 3. The molecule has 0 amide bonds. The van der Waals surface area contributed by atoms with Gasteiger partial charge in [0.1, 0.15) is 0 Å². The second-order valence-corrected chi connectivity index (χ2v) is 16.4. The Hall–Kier alpha value is -6.96. The maximum atomic E-state index is 2.51. The van der Waals surface area contributed by atoms with E-state index in [1.165, 1.54) is 88.7 Å². The van der Waals surface area contributed by atoms with E-state index < -0.39 is 5.41 Å². The van der Waals surface area contributed by atoms with E-state index in [2.05, 4.69) is 219 Å². The average molecular weight is 726 g/mol. The molecule has 3 aliphatic carbocycles. The molecule has 0 N–H and O–H groups in total. The van der Waals surface area contributed by atoms with E-state index in [9.17, 15) is 0 Å². The molecule has 1 nitrogen and oxygen atoms in total. The van der Waals surface area contributed by atoms with Gasteiger partial charge < -0.3 is 4.90 Å². The Balaban J connectivity index is 1.11. The molecule has 12 rings (SSSR count). The Morgan fingerprint density at radius 3 is 1.58 bits per heavy atom. The van der Waals surface area contributed by atoms with Gasteiger partial charge in [-0.2, -0.15) is 0 Å². The molecule has 9 aromatic rings. The van der Waals surface area contributed by atoms with Crippen LogP contribution in [0.15, 0.2) is 200 Å². The molecule has 0 saturated heterocycles. The zero-order valence-electron chi connectivity index (χ0n) is 32.0. The first-order valence-electron chi connectivity index (χ1n) is 20.1. The lowest BCUT2D eigenvalue weighted by atomic mass is 9.70. The zero-order valence-corrected chi connectivity index (χ0v) is 32.0. The number of hydrogen-bond acceptors (Lipinski definition) is 1. The van der Waals surface area contributed by atoms with Crippen molar-refractivity contribution in [3.8, 4) is 44.5 Å². The zero-order chi connectivity index (χ0) is 37.9. The van der Waals surface area contributed by atoms with Crippen molar-refractivity contribution in [3.05, 3.63) is 234 Å². The minimum Gasteiger partial charge on any atom is -0.310 e. The van der Waals surface area contributed by atoms with Crippen LogP contribution in [0, 0.1) is 0 Å². The molecule has 0 aliphatic heterocycles. The van der Waals surface area contributed by atoms with Gasteiger partial charge in [-0.25, -0.2) is 0 Å². The van der Waals surface area contributed by atoms with Crippen LogP contribution in [0.5, 0.6) is 0 Å². The van der Waals surface area contributed by atoms with Crippen LogP contribution in [0.1, 0.15) is 47.2 Å². The fraction of sp³-hybridized carbons (Fsp3) is 0.0714. The van der Waals surface area contributed by atoms with Crippen LogP contribution < -0.4 is 4.90 Å². The third-order valence-corrected chi connectivity index (χ3v) is 13.3. The highest BCUT2D eigenvalue weighted by atomic mass is 15.1. The monoisotopic (exact) mass is 725 g/mol. The van der Waals surface area contributed by atoms with Crippen molar-refractivity contribution < 1.29 is 0 Å². The van der Waals surface area contributed by atoms with E-state index in [0.717, 1.165) is 17.1 Å². The fourth-order valence-electron chi connectivity index (χ4n) is 10.7. The summed E-state index contributed by atoms with van der Waals surface area (Å²) in [6.07, 6.45) is 0. The van der Waals surface area contributed by atoms with E-state index in [4.69, 9.17) is 0 Å². The molecule has 9 aromatic carbocycles. The van der Waals surface area contributed by atoms with E-state index in [1.54, 1.807) is 0 Å². The summed E-state index contributed by atoms with van der Waals surface area (Å²) >= 11 is 0. The molecule has 1 heteroatoms. The van der Waals surface area contributed by atoms with Gasteiger partial charge in [0.2, 0.25) is 0 Å². The van der Waals surface area contributed by atoms with Gasteiger partial charge in [0.25, 0.3) is 0 Å². The maximum Gasteiger partial charge on any atom is 0.0726 e. The molecule has 0 radical (unpaired) electrons. The second-order valence-electron chi connectivity index (χ2n) is 16.4. The van der Waals surface area contributed by atoms with Gasteiger partial charge in [0, 0.05) is 22.5 Å². The Bertz CT molecular complexity index is 3100. The molecule has 0 saturated carbocycles.